The van der Waals surface area contributed by atoms with Crippen molar-refractivity contribution in [1.82, 2.24) is 5.32 Å². The molecule has 1 atom stereocenters. The van der Waals surface area contributed by atoms with Crippen LogP contribution < -0.4 is 15.8 Å². The lowest BCUT2D eigenvalue weighted by atomic mass is 10.1. The number of hydrogen-bond donors (Lipinski definition) is 3. The second-order valence-corrected chi connectivity index (χ2v) is 6.43. The third kappa shape index (κ3) is 3.36. The third-order valence-corrected chi connectivity index (χ3v) is 4.45. The molecule has 6 nitrogen and oxygen atoms in total. The summed E-state index contributed by atoms with van der Waals surface area (Å²) in [7, 11) is -3.79. The first-order valence-electron chi connectivity index (χ1n) is 6.59. The summed E-state index contributed by atoms with van der Waals surface area (Å²) in [5.41, 5.74) is 1.11. The number of amides is 1. The van der Waals surface area contributed by atoms with Crippen LogP contribution in [0.25, 0.3) is 0 Å². The van der Waals surface area contributed by atoms with Crippen LogP contribution in [0.4, 0.5) is 5.69 Å². The molecule has 1 heterocycles. The molecule has 2 rings (SSSR count). The van der Waals surface area contributed by atoms with Crippen LogP contribution >= 0.6 is 0 Å². The number of rotatable bonds is 4. The number of hydrogen-bond acceptors (Lipinski definition) is 4. The summed E-state index contributed by atoms with van der Waals surface area (Å²) in [5, 5.41) is 11.1. The molecule has 0 aromatic heterocycles. The second-order valence-electron chi connectivity index (χ2n) is 4.90. The Bertz CT molecular complexity index is 607. The molecule has 1 fully saturated rings. The Morgan fingerprint density at radius 1 is 1.50 bits per heavy atom. The van der Waals surface area contributed by atoms with Crippen molar-refractivity contribution in [3.8, 4) is 0 Å². The van der Waals surface area contributed by atoms with Crippen molar-refractivity contribution < 1.29 is 13.2 Å². The Morgan fingerprint density at radius 2 is 2.25 bits per heavy atom. The van der Waals surface area contributed by atoms with Crippen molar-refractivity contribution in [3.63, 3.8) is 0 Å². The number of nitrogens with two attached hydrogens (primary N) is 1. The largest absolute Gasteiger partial charge is 0.326 e. The molecular formula is C13H19N3O3S. The van der Waals surface area contributed by atoms with Gasteiger partial charge in [-0.3, -0.25) is 4.79 Å². The van der Waals surface area contributed by atoms with Gasteiger partial charge in [0.2, 0.25) is 15.9 Å². The molecule has 0 spiro atoms. The Hall–Kier alpha value is -1.44. The van der Waals surface area contributed by atoms with Crippen LogP contribution in [0.1, 0.15) is 18.9 Å². The van der Waals surface area contributed by atoms with Gasteiger partial charge in [0, 0.05) is 12.2 Å². The van der Waals surface area contributed by atoms with E-state index in [4.69, 9.17) is 5.14 Å². The quantitative estimate of drug-likeness (QED) is 0.750. The van der Waals surface area contributed by atoms with E-state index in [0.717, 1.165) is 13.0 Å². The van der Waals surface area contributed by atoms with Crippen molar-refractivity contribution in [2.75, 3.05) is 18.4 Å². The Morgan fingerprint density at radius 3 is 2.80 bits per heavy atom. The maximum atomic E-state index is 12.0. The lowest BCUT2D eigenvalue weighted by Crippen LogP contribution is -2.25. The number of nitrogens with one attached hydrogen (secondary N) is 2. The molecule has 1 aliphatic heterocycles. The van der Waals surface area contributed by atoms with Gasteiger partial charge in [0.1, 0.15) is 0 Å². The van der Waals surface area contributed by atoms with Crippen molar-refractivity contribution in [2.24, 2.45) is 11.1 Å². The summed E-state index contributed by atoms with van der Waals surface area (Å²) >= 11 is 0. The molecule has 1 saturated heterocycles. The van der Waals surface area contributed by atoms with Crippen molar-refractivity contribution in [1.29, 1.82) is 0 Å². The second kappa shape index (κ2) is 5.90. The molecule has 1 aliphatic rings. The van der Waals surface area contributed by atoms with E-state index in [1.807, 2.05) is 6.92 Å². The number of sulfonamides is 1. The lowest BCUT2D eigenvalue weighted by molar-refractivity contribution is -0.119. The number of carbonyl (C=O) groups is 1. The molecule has 7 heteroatoms. The van der Waals surface area contributed by atoms with Crippen molar-refractivity contribution >= 4 is 21.6 Å². The highest BCUT2D eigenvalue weighted by atomic mass is 32.2. The molecule has 0 bridgehead atoms. The predicted octanol–water partition coefficient (Wildman–Crippen LogP) is 0.444. The van der Waals surface area contributed by atoms with Crippen LogP contribution in [0.3, 0.4) is 0 Å². The van der Waals surface area contributed by atoms with Gasteiger partial charge >= 0.3 is 0 Å². The summed E-state index contributed by atoms with van der Waals surface area (Å²) in [4.78, 5) is 12.1. The van der Waals surface area contributed by atoms with E-state index in [1.54, 1.807) is 12.1 Å². The standard InChI is InChI=1S/C13H19N3O3S/c1-2-9-3-4-11(7-12(9)20(14,18)19)16-13(17)10-5-6-15-8-10/h3-4,7,10,15H,2,5-6,8H2,1H3,(H,16,17)(H2,14,18,19). The highest BCUT2D eigenvalue weighted by molar-refractivity contribution is 7.89. The first kappa shape index (κ1) is 15.0. The first-order valence-corrected chi connectivity index (χ1v) is 8.13. The highest BCUT2D eigenvalue weighted by Crippen LogP contribution is 2.21. The van der Waals surface area contributed by atoms with Crippen LogP contribution in [0, 0.1) is 5.92 Å². The molecule has 0 aliphatic carbocycles. The number of benzene rings is 1. The van der Waals surface area contributed by atoms with Crippen LogP contribution in [-0.4, -0.2) is 27.4 Å². The van der Waals surface area contributed by atoms with Gasteiger partial charge in [-0.2, -0.15) is 0 Å². The lowest BCUT2D eigenvalue weighted by Gasteiger charge is -2.12. The minimum atomic E-state index is -3.79. The van der Waals surface area contributed by atoms with Gasteiger partial charge in [0.25, 0.3) is 0 Å². The minimum absolute atomic E-state index is 0.0706. The number of aryl methyl sites for hydroxylation is 1. The van der Waals surface area contributed by atoms with E-state index in [-0.39, 0.29) is 16.7 Å². The summed E-state index contributed by atoms with van der Waals surface area (Å²) in [6.45, 7) is 3.34. The Kier molecular flexibility index (Phi) is 4.42. The zero-order valence-corrected chi connectivity index (χ0v) is 12.2. The zero-order chi connectivity index (χ0) is 14.8. The van der Waals surface area contributed by atoms with Gasteiger partial charge in [-0.05, 0) is 37.1 Å². The molecule has 1 aromatic rings. The fraction of sp³-hybridized carbons (Fsp3) is 0.462. The normalized spacial score (nSPS) is 19.0. The summed E-state index contributed by atoms with van der Waals surface area (Å²) < 4.78 is 23.1. The van der Waals surface area contributed by atoms with Crippen LogP contribution in [0.5, 0.6) is 0 Å². The molecule has 110 valence electrons. The van der Waals surface area contributed by atoms with Crippen molar-refractivity contribution in [2.45, 2.75) is 24.7 Å². The molecule has 1 aromatic carbocycles. The van der Waals surface area contributed by atoms with Gasteiger partial charge < -0.3 is 10.6 Å². The zero-order valence-electron chi connectivity index (χ0n) is 11.3. The van der Waals surface area contributed by atoms with Gasteiger partial charge in [0.15, 0.2) is 0 Å². The van der Waals surface area contributed by atoms with Crippen LogP contribution in [-0.2, 0) is 21.2 Å². The fourth-order valence-electron chi connectivity index (χ4n) is 2.31. The fourth-order valence-corrected chi connectivity index (χ4v) is 3.18. The van der Waals surface area contributed by atoms with Gasteiger partial charge in [-0.15, -0.1) is 0 Å². The number of primary sulfonamides is 1. The maximum Gasteiger partial charge on any atom is 0.238 e. The van der Waals surface area contributed by atoms with Crippen LogP contribution in [0.15, 0.2) is 23.1 Å². The third-order valence-electron chi connectivity index (χ3n) is 3.45. The molecule has 0 saturated carbocycles. The molecular weight excluding hydrogens is 278 g/mol. The SMILES string of the molecule is CCc1ccc(NC(=O)C2CCNC2)cc1S(N)(=O)=O. The highest BCUT2D eigenvalue weighted by Gasteiger charge is 2.23. The number of carbonyl (C=O) groups excluding carboxylic acids is 1. The van der Waals surface area contributed by atoms with E-state index in [0.29, 0.717) is 24.2 Å². The van der Waals surface area contributed by atoms with Gasteiger partial charge in [-0.1, -0.05) is 13.0 Å². The predicted molar refractivity (Wildman–Crippen MR) is 76.8 cm³/mol. The van der Waals surface area contributed by atoms with E-state index in [2.05, 4.69) is 10.6 Å². The maximum absolute atomic E-state index is 12.0. The smallest absolute Gasteiger partial charge is 0.238 e. The summed E-state index contributed by atoms with van der Waals surface area (Å²) in [6.07, 6.45) is 1.35. The first-order chi connectivity index (χ1) is 9.41. The van der Waals surface area contributed by atoms with Crippen LogP contribution in [0.2, 0.25) is 0 Å². The average Bonchev–Trinajstić information content (AvgIpc) is 2.91. The Balaban J connectivity index is 2.23. The number of anilines is 1. The molecule has 1 amide bonds. The van der Waals surface area contributed by atoms with Gasteiger partial charge in [-0.25, -0.2) is 13.6 Å². The van der Waals surface area contributed by atoms with E-state index in [1.165, 1.54) is 6.07 Å². The average molecular weight is 297 g/mol. The topological polar surface area (TPSA) is 101 Å². The molecule has 4 N–H and O–H groups in total. The molecule has 1 unspecified atom stereocenters. The molecule has 0 radical (unpaired) electrons. The van der Waals surface area contributed by atoms with E-state index < -0.39 is 10.0 Å². The Labute approximate surface area is 118 Å². The summed E-state index contributed by atoms with van der Waals surface area (Å²) in [5.74, 6) is -0.168. The molecule has 20 heavy (non-hydrogen) atoms. The van der Waals surface area contributed by atoms with Crippen molar-refractivity contribution in [3.05, 3.63) is 23.8 Å². The summed E-state index contributed by atoms with van der Waals surface area (Å²) in [6, 6.07) is 4.81. The minimum Gasteiger partial charge on any atom is -0.326 e. The van der Waals surface area contributed by atoms with E-state index in [9.17, 15) is 13.2 Å². The van der Waals surface area contributed by atoms with E-state index >= 15 is 0 Å². The van der Waals surface area contributed by atoms with Gasteiger partial charge in [0.05, 0.1) is 10.8 Å². The monoisotopic (exact) mass is 297 g/mol.